The Morgan fingerprint density at radius 3 is 2.91 bits per heavy atom. The highest BCUT2D eigenvalue weighted by atomic mass is 32.2. The molecule has 1 aliphatic rings. The van der Waals surface area contributed by atoms with Gasteiger partial charge in [0.1, 0.15) is 0 Å². The average molecular weight is 333 g/mol. The lowest BCUT2D eigenvalue weighted by Crippen LogP contribution is -2.31. The molecule has 1 aromatic carbocycles. The predicted molar refractivity (Wildman–Crippen MR) is 85.9 cm³/mol. The van der Waals surface area contributed by atoms with Gasteiger partial charge in [-0.2, -0.15) is 5.10 Å². The molecule has 0 unspecified atom stereocenters. The summed E-state index contributed by atoms with van der Waals surface area (Å²) in [5.74, 6) is -0.266. The van der Waals surface area contributed by atoms with Gasteiger partial charge < -0.3 is 5.32 Å². The standard InChI is InChI=1S/C16H19N3O3S/c1-19-15-8-4-7-14(13(15)10-17-19)18-16(20)11-5-3-6-12(9-11)23(2,21)22/h3,5-6,9-10,14H,4,7-8H2,1-2H3,(H,18,20)/t14-/m0/s1. The molecule has 1 amide bonds. The third kappa shape index (κ3) is 3.14. The fourth-order valence-corrected chi connectivity index (χ4v) is 3.63. The number of rotatable bonds is 3. The highest BCUT2D eigenvalue weighted by molar-refractivity contribution is 7.90. The average Bonchev–Trinajstić information content (AvgIpc) is 2.89. The molecule has 3 rings (SSSR count). The molecule has 6 nitrogen and oxygen atoms in total. The minimum atomic E-state index is -3.33. The molecular weight excluding hydrogens is 314 g/mol. The Morgan fingerprint density at radius 2 is 2.17 bits per heavy atom. The van der Waals surface area contributed by atoms with Crippen LogP contribution < -0.4 is 5.32 Å². The molecule has 122 valence electrons. The number of carbonyl (C=O) groups excluding carboxylic acids is 1. The van der Waals surface area contributed by atoms with Crippen LogP contribution in [0.5, 0.6) is 0 Å². The lowest BCUT2D eigenvalue weighted by molar-refractivity contribution is 0.0932. The summed E-state index contributed by atoms with van der Waals surface area (Å²) >= 11 is 0. The monoisotopic (exact) mass is 333 g/mol. The van der Waals surface area contributed by atoms with Gasteiger partial charge in [-0.3, -0.25) is 9.48 Å². The predicted octanol–water partition coefficient (Wildman–Crippen LogP) is 1.63. The van der Waals surface area contributed by atoms with Crippen LogP contribution in [0.15, 0.2) is 35.4 Å². The fourth-order valence-electron chi connectivity index (χ4n) is 2.97. The number of fused-ring (bicyclic) bond motifs is 1. The lowest BCUT2D eigenvalue weighted by Gasteiger charge is -2.23. The van der Waals surface area contributed by atoms with Gasteiger partial charge in [-0.05, 0) is 37.5 Å². The Balaban J connectivity index is 1.83. The van der Waals surface area contributed by atoms with Gasteiger partial charge in [-0.1, -0.05) is 6.07 Å². The fraction of sp³-hybridized carbons (Fsp3) is 0.375. The largest absolute Gasteiger partial charge is 0.345 e. The number of benzene rings is 1. The molecule has 1 atom stereocenters. The summed E-state index contributed by atoms with van der Waals surface area (Å²) < 4.78 is 25.1. The number of sulfone groups is 1. The summed E-state index contributed by atoms with van der Waals surface area (Å²) in [4.78, 5) is 12.6. The summed E-state index contributed by atoms with van der Waals surface area (Å²) in [7, 11) is -1.43. The van der Waals surface area contributed by atoms with Gasteiger partial charge in [0.15, 0.2) is 9.84 Å². The molecule has 0 fully saturated rings. The summed E-state index contributed by atoms with van der Waals surface area (Å²) in [6.45, 7) is 0. The van der Waals surface area contributed by atoms with E-state index >= 15 is 0 Å². The highest BCUT2D eigenvalue weighted by Gasteiger charge is 2.25. The van der Waals surface area contributed by atoms with Crippen molar-refractivity contribution in [3.8, 4) is 0 Å². The van der Waals surface area contributed by atoms with Crippen LogP contribution >= 0.6 is 0 Å². The number of aryl methyl sites for hydroxylation is 1. The maximum absolute atomic E-state index is 12.5. The zero-order valence-electron chi connectivity index (χ0n) is 13.1. The van der Waals surface area contributed by atoms with Crippen LogP contribution in [0, 0.1) is 0 Å². The molecule has 23 heavy (non-hydrogen) atoms. The first-order valence-corrected chi connectivity index (χ1v) is 9.37. The zero-order chi connectivity index (χ0) is 16.6. The van der Waals surface area contributed by atoms with E-state index in [2.05, 4.69) is 10.4 Å². The Labute approximate surface area is 135 Å². The second-order valence-electron chi connectivity index (χ2n) is 5.89. The van der Waals surface area contributed by atoms with E-state index in [9.17, 15) is 13.2 Å². The maximum atomic E-state index is 12.5. The first-order valence-electron chi connectivity index (χ1n) is 7.48. The van der Waals surface area contributed by atoms with Crippen LogP contribution in [-0.4, -0.2) is 30.4 Å². The number of amides is 1. The van der Waals surface area contributed by atoms with E-state index in [1.165, 1.54) is 12.1 Å². The van der Waals surface area contributed by atoms with Crippen LogP contribution in [0.1, 0.15) is 40.5 Å². The van der Waals surface area contributed by atoms with Crippen LogP contribution in [0.3, 0.4) is 0 Å². The Bertz CT molecular complexity index is 855. The third-order valence-corrected chi connectivity index (χ3v) is 5.32. The van der Waals surface area contributed by atoms with Crippen molar-refractivity contribution in [3.63, 3.8) is 0 Å². The molecule has 1 aromatic heterocycles. The molecule has 0 saturated heterocycles. The summed E-state index contributed by atoms with van der Waals surface area (Å²) in [5, 5.41) is 7.26. The normalized spacial score (nSPS) is 17.6. The quantitative estimate of drug-likeness (QED) is 0.926. The van der Waals surface area contributed by atoms with Crippen molar-refractivity contribution < 1.29 is 13.2 Å². The Morgan fingerprint density at radius 1 is 1.39 bits per heavy atom. The maximum Gasteiger partial charge on any atom is 0.251 e. The van der Waals surface area contributed by atoms with Crippen LogP contribution in [0.4, 0.5) is 0 Å². The molecule has 1 heterocycles. The van der Waals surface area contributed by atoms with Crippen molar-refractivity contribution in [2.75, 3.05) is 6.26 Å². The van der Waals surface area contributed by atoms with Crippen molar-refractivity contribution in [1.82, 2.24) is 15.1 Å². The SMILES string of the molecule is Cn1ncc2c1CCC[C@@H]2NC(=O)c1cccc(S(C)(=O)=O)c1. The topological polar surface area (TPSA) is 81.1 Å². The van der Waals surface area contributed by atoms with Crippen LogP contribution in [0.2, 0.25) is 0 Å². The van der Waals surface area contributed by atoms with E-state index in [4.69, 9.17) is 0 Å². The Hall–Kier alpha value is -2.15. The number of nitrogens with one attached hydrogen (secondary N) is 1. The van der Waals surface area contributed by atoms with Crippen molar-refractivity contribution in [1.29, 1.82) is 0 Å². The van der Waals surface area contributed by atoms with Gasteiger partial charge >= 0.3 is 0 Å². The molecular formula is C16H19N3O3S. The summed E-state index contributed by atoms with van der Waals surface area (Å²) in [5.41, 5.74) is 2.54. The lowest BCUT2D eigenvalue weighted by atomic mass is 9.93. The zero-order valence-corrected chi connectivity index (χ0v) is 13.9. The molecule has 7 heteroatoms. The smallest absolute Gasteiger partial charge is 0.251 e. The number of aromatic nitrogens is 2. The second kappa shape index (κ2) is 5.81. The van der Waals surface area contributed by atoms with Crippen LogP contribution in [0.25, 0.3) is 0 Å². The number of nitrogens with zero attached hydrogens (tertiary/aromatic N) is 2. The van der Waals surface area contributed by atoms with Gasteiger partial charge in [0.2, 0.25) is 0 Å². The number of hydrogen-bond donors (Lipinski definition) is 1. The van der Waals surface area contributed by atoms with Crippen molar-refractivity contribution in [3.05, 3.63) is 47.3 Å². The van der Waals surface area contributed by atoms with Gasteiger partial charge in [-0.25, -0.2) is 8.42 Å². The van der Waals surface area contributed by atoms with Crippen molar-refractivity contribution in [2.24, 2.45) is 7.05 Å². The number of carbonyl (C=O) groups is 1. The minimum Gasteiger partial charge on any atom is -0.345 e. The highest BCUT2D eigenvalue weighted by Crippen LogP contribution is 2.29. The van der Waals surface area contributed by atoms with Crippen molar-refractivity contribution >= 4 is 15.7 Å². The van der Waals surface area contributed by atoms with E-state index in [1.54, 1.807) is 18.3 Å². The van der Waals surface area contributed by atoms with Crippen LogP contribution in [-0.2, 0) is 23.3 Å². The summed E-state index contributed by atoms with van der Waals surface area (Å²) in [6.07, 6.45) is 5.73. The van der Waals surface area contributed by atoms with E-state index in [0.717, 1.165) is 36.8 Å². The molecule has 2 aromatic rings. The van der Waals surface area contributed by atoms with E-state index in [0.29, 0.717) is 5.56 Å². The van der Waals surface area contributed by atoms with E-state index in [1.807, 2.05) is 11.7 Å². The van der Waals surface area contributed by atoms with Crippen molar-refractivity contribution in [2.45, 2.75) is 30.2 Å². The van der Waals surface area contributed by atoms with Gasteiger partial charge in [-0.15, -0.1) is 0 Å². The second-order valence-corrected chi connectivity index (χ2v) is 7.90. The molecule has 0 aliphatic heterocycles. The Kier molecular flexibility index (Phi) is 3.97. The molecule has 0 radical (unpaired) electrons. The van der Waals surface area contributed by atoms with Gasteiger partial charge in [0, 0.05) is 30.1 Å². The molecule has 0 saturated carbocycles. The number of hydrogen-bond acceptors (Lipinski definition) is 4. The van der Waals surface area contributed by atoms with Gasteiger partial charge in [0.05, 0.1) is 17.1 Å². The molecule has 0 bridgehead atoms. The van der Waals surface area contributed by atoms with E-state index in [-0.39, 0.29) is 16.8 Å². The molecule has 1 N–H and O–H groups in total. The molecule has 0 spiro atoms. The van der Waals surface area contributed by atoms with Gasteiger partial charge in [0.25, 0.3) is 5.91 Å². The molecule has 1 aliphatic carbocycles. The first kappa shape index (κ1) is 15.7. The third-order valence-electron chi connectivity index (χ3n) is 4.21. The summed E-state index contributed by atoms with van der Waals surface area (Å²) in [6, 6.07) is 6.03. The van der Waals surface area contributed by atoms with E-state index < -0.39 is 9.84 Å². The minimum absolute atomic E-state index is 0.0816. The first-order chi connectivity index (χ1) is 10.9.